The first-order chi connectivity index (χ1) is 15.6. The second kappa shape index (κ2) is 8.33. The van der Waals surface area contributed by atoms with Crippen molar-refractivity contribution in [2.75, 3.05) is 6.61 Å². The first-order valence-corrected chi connectivity index (χ1v) is 9.87. The molecule has 12 nitrogen and oxygen atoms in total. The van der Waals surface area contributed by atoms with Gasteiger partial charge in [0.05, 0.1) is 12.2 Å². The number of carbonyl (C=O) groups is 1. The molecule has 0 aliphatic carbocycles. The van der Waals surface area contributed by atoms with Crippen molar-refractivity contribution in [2.24, 2.45) is 0 Å². The average molecular weight is 466 g/mol. The smallest absolute Gasteiger partial charge is 0.202 e. The molecule has 12 heteroatoms. The van der Waals surface area contributed by atoms with Crippen LogP contribution in [0.15, 0.2) is 24.3 Å². The highest BCUT2D eigenvalue weighted by molar-refractivity contribution is 6.06. The third-order valence-electron chi connectivity index (χ3n) is 5.84. The predicted octanol–water partition coefficient (Wildman–Crippen LogP) is -1.30. The Kier molecular flexibility index (Phi) is 5.82. The molecule has 1 saturated heterocycles. The zero-order chi connectivity index (χ0) is 24.2. The van der Waals surface area contributed by atoms with Crippen molar-refractivity contribution < 1.29 is 60.2 Å². The maximum Gasteiger partial charge on any atom is 0.202 e. The molecule has 2 heterocycles. The van der Waals surface area contributed by atoms with Crippen LogP contribution < -0.4 is 4.74 Å². The first-order valence-electron chi connectivity index (χ1n) is 9.87. The Labute approximate surface area is 185 Å². The monoisotopic (exact) mass is 466 g/mol. The number of benzene rings is 2. The van der Waals surface area contributed by atoms with Gasteiger partial charge in [0.2, 0.25) is 5.78 Å². The van der Waals surface area contributed by atoms with Crippen molar-refractivity contribution in [3.8, 4) is 28.7 Å². The maximum atomic E-state index is 12.9. The van der Waals surface area contributed by atoms with E-state index >= 15 is 0 Å². The topological polar surface area (TPSA) is 218 Å². The molecule has 7 atom stereocenters. The van der Waals surface area contributed by atoms with Crippen molar-refractivity contribution in [3.63, 3.8) is 0 Å². The van der Waals surface area contributed by atoms with Gasteiger partial charge in [0, 0.05) is 6.07 Å². The number of hydrogen-bond donors (Lipinski definition) is 9. The van der Waals surface area contributed by atoms with Crippen LogP contribution in [0.3, 0.4) is 0 Å². The van der Waals surface area contributed by atoms with Crippen molar-refractivity contribution in [2.45, 2.75) is 42.7 Å². The summed E-state index contributed by atoms with van der Waals surface area (Å²) in [5, 5.41) is 90.7. The van der Waals surface area contributed by atoms with Crippen LogP contribution in [0, 0.1) is 0 Å². The molecule has 0 spiro atoms. The third kappa shape index (κ3) is 3.62. The van der Waals surface area contributed by atoms with Gasteiger partial charge < -0.3 is 55.4 Å². The number of aliphatic hydroxyl groups is 5. The highest BCUT2D eigenvalue weighted by Gasteiger charge is 2.48. The number of rotatable bonds is 3. The summed E-state index contributed by atoms with van der Waals surface area (Å²) in [5.41, 5.74) is -0.934. The lowest BCUT2D eigenvalue weighted by atomic mass is 9.86. The minimum absolute atomic E-state index is 0.119. The highest BCUT2D eigenvalue weighted by Crippen LogP contribution is 2.49. The highest BCUT2D eigenvalue weighted by atomic mass is 16.5. The minimum atomic E-state index is -1.86. The number of carbonyl (C=O) groups excluding carboxylic acids is 1. The van der Waals surface area contributed by atoms with Crippen LogP contribution in [0.1, 0.15) is 33.7 Å². The summed E-state index contributed by atoms with van der Waals surface area (Å²) in [6.45, 7) is -0.754. The molecule has 2 aromatic carbocycles. The molecule has 1 fully saturated rings. The van der Waals surface area contributed by atoms with E-state index in [1.165, 1.54) is 6.07 Å². The van der Waals surface area contributed by atoms with E-state index in [0.717, 1.165) is 18.2 Å². The lowest BCUT2D eigenvalue weighted by Crippen LogP contribution is -2.55. The van der Waals surface area contributed by atoms with Crippen LogP contribution in [0.2, 0.25) is 0 Å². The second-order valence-electron chi connectivity index (χ2n) is 7.88. The van der Waals surface area contributed by atoms with Crippen LogP contribution in [-0.2, 0) is 4.74 Å². The number of aliphatic hydroxyl groups excluding tert-OH is 5. The number of fused-ring (bicyclic) bond motifs is 1. The van der Waals surface area contributed by atoms with Crippen molar-refractivity contribution in [1.82, 2.24) is 0 Å². The number of phenols is 4. The van der Waals surface area contributed by atoms with Crippen LogP contribution >= 0.6 is 0 Å². The van der Waals surface area contributed by atoms with Gasteiger partial charge in [-0.1, -0.05) is 6.07 Å². The standard InChI is InChI=1S/C21H22O12/c22-5-11-14(26)17(29)19(31)21(33-11)12-9(25)4-10-13(15(12)27)16(28)18(30)20(32-10)6-1-2-7(23)8(24)3-6/h1-4,11,14,17-27,29-31H,5H2/t11?,14-,17-,18+,19?,20-,21-/m0/s1. The average Bonchev–Trinajstić information content (AvgIpc) is 2.77. The molecule has 33 heavy (non-hydrogen) atoms. The third-order valence-corrected chi connectivity index (χ3v) is 5.84. The van der Waals surface area contributed by atoms with Crippen LogP contribution in [0.5, 0.6) is 28.7 Å². The molecule has 2 aliphatic rings. The fourth-order valence-electron chi connectivity index (χ4n) is 4.05. The van der Waals surface area contributed by atoms with Gasteiger partial charge in [-0.3, -0.25) is 4.79 Å². The second-order valence-corrected chi connectivity index (χ2v) is 7.88. The lowest BCUT2D eigenvalue weighted by Gasteiger charge is -2.41. The van der Waals surface area contributed by atoms with Gasteiger partial charge in [0.25, 0.3) is 0 Å². The van der Waals surface area contributed by atoms with Crippen molar-refractivity contribution in [3.05, 3.63) is 41.0 Å². The molecule has 178 valence electrons. The Bertz CT molecular complexity index is 1080. The van der Waals surface area contributed by atoms with Gasteiger partial charge >= 0.3 is 0 Å². The van der Waals surface area contributed by atoms with Crippen LogP contribution in [0.4, 0.5) is 0 Å². The van der Waals surface area contributed by atoms with E-state index in [1.54, 1.807) is 0 Å². The molecule has 0 saturated carbocycles. The van der Waals surface area contributed by atoms with Crippen molar-refractivity contribution in [1.29, 1.82) is 0 Å². The summed E-state index contributed by atoms with van der Waals surface area (Å²) in [7, 11) is 0. The summed E-state index contributed by atoms with van der Waals surface area (Å²) in [4.78, 5) is 12.9. The molecule has 4 rings (SSSR count). The van der Waals surface area contributed by atoms with Gasteiger partial charge in [0.15, 0.2) is 23.7 Å². The summed E-state index contributed by atoms with van der Waals surface area (Å²) in [6.07, 6.45) is -11.5. The Balaban J connectivity index is 1.77. The molecule has 0 radical (unpaired) electrons. The largest absolute Gasteiger partial charge is 0.507 e. The molecule has 2 aliphatic heterocycles. The number of phenolic OH excluding ortho intramolecular Hbond substituents is 4. The summed E-state index contributed by atoms with van der Waals surface area (Å²) < 4.78 is 10.9. The zero-order valence-corrected chi connectivity index (χ0v) is 16.8. The molecular formula is C21H22O12. The fourth-order valence-corrected chi connectivity index (χ4v) is 4.05. The van der Waals surface area contributed by atoms with Gasteiger partial charge in [0.1, 0.15) is 53.3 Å². The molecule has 0 aromatic heterocycles. The maximum absolute atomic E-state index is 12.9. The van der Waals surface area contributed by atoms with Crippen molar-refractivity contribution >= 4 is 5.78 Å². The Morgan fingerprint density at radius 2 is 1.52 bits per heavy atom. The van der Waals surface area contributed by atoms with Crippen LogP contribution in [-0.4, -0.2) is 88.9 Å². The fraction of sp³-hybridized carbons (Fsp3) is 0.381. The van der Waals surface area contributed by atoms with Gasteiger partial charge in [-0.2, -0.15) is 0 Å². The Hall–Kier alpha value is -3.13. The quantitative estimate of drug-likeness (QED) is 0.241. The molecule has 0 bridgehead atoms. The van der Waals surface area contributed by atoms with E-state index in [0.29, 0.717) is 0 Å². The van der Waals surface area contributed by atoms with E-state index in [-0.39, 0.29) is 11.3 Å². The van der Waals surface area contributed by atoms with Crippen LogP contribution in [0.25, 0.3) is 0 Å². The predicted molar refractivity (Wildman–Crippen MR) is 106 cm³/mol. The summed E-state index contributed by atoms with van der Waals surface area (Å²) >= 11 is 0. The summed E-state index contributed by atoms with van der Waals surface area (Å²) in [5.74, 6) is -3.90. The van der Waals surface area contributed by atoms with E-state index in [4.69, 9.17) is 9.47 Å². The molecule has 2 aromatic rings. The number of ether oxygens (including phenoxy) is 2. The Morgan fingerprint density at radius 3 is 2.15 bits per heavy atom. The van der Waals surface area contributed by atoms with Gasteiger partial charge in [-0.15, -0.1) is 0 Å². The number of hydrogen-bond acceptors (Lipinski definition) is 12. The molecule has 2 unspecified atom stereocenters. The van der Waals surface area contributed by atoms with E-state index in [1.807, 2.05) is 0 Å². The van der Waals surface area contributed by atoms with Gasteiger partial charge in [-0.05, 0) is 17.7 Å². The SMILES string of the molecule is O=C1c2c(cc(O)c([C@@H]3OC(CO)[C@H](O)[C@H](O)C3O)c2O)O[C@@H](c2ccc(O)c(O)c2)[C@@H]1O. The number of aromatic hydroxyl groups is 4. The van der Waals surface area contributed by atoms with E-state index in [2.05, 4.69) is 0 Å². The lowest BCUT2D eigenvalue weighted by molar-refractivity contribution is -0.232. The zero-order valence-electron chi connectivity index (χ0n) is 16.8. The minimum Gasteiger partial charge on any atom is -0.507 e. The Morgan fingerprint density at radius 1 is 0.818 bits per heavy atom. The first kappa shape index (κ1) is 23.0. The summed E-state index contributed by atoms with van der Waals surface area (Å²) in [6, 6.07) is 4.42. The van der Waals surface area contributed by atoms with E-state index in [9.17, 15) is 50.8 Å². The molecule has 0 amide bonds. The molecular weight excluding hydrogens is 444 g/mol. The number of ketones is 1. The normalized spacial score (nSPS) is 31.7. The van der Waals surface area contributed by atoms with E-state index < -0.39 is 89.2 Å². The van der Waals surface area contributed by atoms with Gasteiger partial charge in [-0.25, -0.2) is 0 Å². The number of Topliss-reactive ketones (excluding diaryl/α,β-unsaturated/α-hetero) is 1. The molecule has 9 N–H and O–H groups in total.